The normalized spacial score (nSPS) is 14.7. The van der Waals surface area contributed by atoms with E-state index in [1.807, 2.05) is 22.9 Å². The first-order chi connectivity index (χ1) is 18.4. The lowest BCUT2D eigenvalue weighted by molar-refractivity contribution is 0.0987. The number of amides is 1. The zero-order valence-electron chi connectivity index (χ0n) is 22.2. The van der Waals surface area contributed by atoms with Crippen LogP contribution in [0.15, 0.2) is 43.1 Å². The molecular weight excluding hydrogens is 542 g/mol. The van der Waals surface area contributed by atoms with Gasteiger partial charge in [0.1, 0.15) is 11.4 Å². The number of alkyl halides is 1. The third-order valence-electron chi connectivity index (χ3n) is 6.66. The van der Waals surface area contributed by atoms with Crippen LogP contribution in [0, 0.1) is 5.95 Å². The van der Waals surface area contributed by atoms with Gasteiger partial charge in [0.05, 0.1) is 30.6 Å². The van der Waals surface area contributed by atoms with Crippen LogP contribution in [0.2, 0.25) is 0 Å². The van der Waals surface area contributed by atoms with E-state index in [0.717, 1.165) is 11.3 Å². The maximum Gasteiger partial charge on any atom is 0.265 e. The zero-order chi connectivity index (χ0) is 28.1. The molecule has 2 atom stereocenters. The lowest BCUT2D eigenvalue weighted by Gasteiger charge is -2.30. The maximum absolute atomic E-state index is 15.4. The van der Waals surface area contributed by atoms with Crippen LogP contribution in [0.25, 0.3) is 16.8 Å². The van der Waals surface area contributed by atoms with Gasteiger partial charge in [-0.3, -0.25) is 9.69 Å². The van der Waals surface area contributed by atoms with Crippen molar-refractivity contribution in [2.75, 3.05) is 43.2 Å². The standard InChI is InChI=1S/C26H31F2N7O2P2/c1-25(2,3)35-22(27)18(13-31-35)24(36)32(4)21-12-17(19(14-30-21)26(28,38)39)16-11-20(33-7-9-37-10-8-33)23-29-5-6-34(23)15-16/h5-6,11-15H,7-10,38-39H2,1-4H3. The number of carbonyl (C=O) groups is 1. The number of pyridine rings is 2. The topological polar surface area (TPSA) is 80.8 Å². The number of fused-ring (bicyclic) bond motifs is 1. The quantitative estimate of drug-likeness (QED) is 0.329. The summed E-state index contributed by atoms with van der Waals surface area (Å²) in [4.78, 5) is 25.6. The Morgan fingerprint density at radius 3 is 2.49 bits per heavy atom. The molecule has 0 bridgehead atoms. The first-order valence-electron chi connectivity index (χ1n) is 12.5. The van der Waals surface area contributed by atoms with Gasteiger partial charge in [0.2, 0.25) is 5.95 Å². The Morgan fingerprint density at radius 2 is 1.85 bits per heavy atom. The predicted molar refractivity (Wildman–Crippen MR) is 154 cm³/mol. The largest absolute Gasteiger partial charge is 0.378 e. The van der Waals surface area contributed by atoms with E-state index in [4.69, 9.17) is 4.74 Å². The summed E-state index contributed by atoms with van der Waals surface area (Å²) in [5.74, 6) is -1.11. The molecule has 0 aliphatic carbocycles. The Hall–Kier alpha value is -3.00. The number of aromatic nitrogens is 5. The Bertz CT molecular complexity index is 1540. The average molecular weight is 574 g/mol. The highest BCUT2D eigenvalue weighted by atomic mass is 31.1. The van der Waals surface area contributed by atoms with Crippen molar-refractivity contribution in [2.24, 2.45) is 0 Å². The van der Waals surface area contributed by atoms with Crippen molar-refractivity contribution in [3.63, 3.8) is 0 Å². The molecule has 5 heterocycles. The van der Waals surface area contributed by atoms with Gasteiger partial charge in [-0.2, -0.15) is 9.49 Å². The van der Waals surface area contributed by atoms with E-state index in [-0.39, 0.29) is 11.4 Å². The summed E-state index contributed by atoms with van der Waals surface area (Å²) in [5.41, 5.74) is 2.39. The fourth-order valence-corrected chi connectivity index (χ4v) is 5.06. The van der Waals surface area contributed by atoms with E-state index < -0.39 is 22.5 Å². The molecule has 0 radical (unpaired) electrons. The fourth-order valence-electron chi connectivity index (χ4n) is 4.60. The second-order valence-corrected chi connectivity index (χ2v) is 12.9. The Labute approximate surface area is 230 Å². The molecule has 1 aliphatic heterocycles. The van der Waals surface area contributed by atoms with Crippen molar-refractivity contribution in [3.05, 3.63) is 60.2 Å². The summed E-state index contributed by atoms with van der Waals surface area (Å²) in [7, 11) is 5.85. The van der Waals surface area contributed by atoms with E-state index in [1.165, 1.54) is 29.0 Å². The Morgan fingerprint density at radius 1 is 1.13 bits per heavy atom. The summed E-state index contributed by atoms with van der Waals surface area (Å²) < 4.78 is 39.1. The number of hydrogen-bond donors (Lipinski definition) is 0. The summed E-state index contributed by atoms with van der Waals surface area (Å²) >= 11 is 0. The van der Waals surface area contributed by atoms with Crippen molar-refractivity contribution in [1.29, 1.82) is 0 Å². The van der Waals surface area contributed by atoms with Crippen LogP contribution in [-0.2, 0) is 15.4 Å². The van der Waals surface area contributed by atoms with E-state index in [1.54, 1.807) is 33.0 Å². The second-order valence-electron chi connectivity index (χ2n) is 10.5. The van der Waals surface area contributed by atoms with Gasteiger partial charge in [0.15, 0.2) is 10.8 Å². The molecule has 0 saturated carbocycles. The second kappa shape index (κ2) is 10.2. The highest BCUT2D eigenvalue weighted by Gasteiger charge is 2.30. The van der Waals surface area contributed by atoms with Crippen LogP contribution in [0.3, 0.4) is 0 Å². The first-order valence-corrected chi connectivity index (χ1v) is 13.6. The Kier molecular flexibility index (Phi) is 7.20. The summed E-state index contributed by atoms with van der Waals surface area (Å²) in [6.07, 6.45) is 8.03. The van der Waals surface area contributed by atoms with Crippen molar-refractivity contribution >= 4 is 41.5 Å². The van der Waals surface area contributed by atoms with Gasteiger partial charge in [-0.05, 0) is 38.5 Å². The number of ether oxygens (including phenoxy) is 1. The van der Waals surface area contributed by atoms with Crippen LogP contribution < -0.4 is 9.80 Å². The predicted octanol–water partition coefficient (Wildman–Crippen LogP) is 4.43. The molecule has 0 aromatic carbocycles. The number of nitrogens with zero attached hydrogens (tertiary/aromatic N) is 7. The number of morpholine rings is 1. The molecule has 1 saturated heterocycles. The molecule has 206 valence electrons. The molecule has 4 aromatic heterocycles. The van der Waals surface area contributed by atoms with E-state index in [9.17, 15) is 4.79 Å². The smallest absolute Gasteiger partial charge is 0.265 e. The minimum atomic E-state index is -1.88. The van der Waals surface area contributed by atoms with E-state index >= 15 is 8.78 Å². The van der Waals surface area contributed by atoms with Gasteiger partial charge in [-0.15, -0.1) is 0 Å². The molecule has 1 amide bonds. The van der Waals surface area contributed by atoms with Crippen molar-refractivity contribution in [1.82, 2.24) is 24.1 Å². The summed E-state index contributed by atoms with van der Waals surface area (Å²) in [6, 6.07) is 3.61. The van der Waals surface area contributed by atoms with Crippen LogP contribution in [0.5, 0.6) is 0 Å². The van der Waals surface area contributed by atoms with Gasteiger partial charge in [-0.1, -0.05) is 18.5 Å². The summed E-state index contributed by atoms with van der Waals surface area (Å²) in [5, 5.41) is 2.19. The Balaban J connectivity index is 1.60. The molecule has 9 nitrogen and oxygen atoms in total. The molecule has 1 aliphatic rings. The molecule has 0 N–H and O–H groups in total. The molecule has 0 spiro atoms. The minimum Gasteiger partial charge on any atom is -0.378 e. The number of halogens is 2. The minimum absolute atomic E-state index is 0.175. The molecule has 39 heavy (non-hydrogen) atoms. The first kappa shape index (κ1) is 27.6. The highest BCUT2D eigenvalue weighted by molar-refractivity contribution is 7.38. The van der Waals surface area contributed by atoms with E-state index in [2.05, 4.69) is 38.4 Å². The monoisotopic (exact) mass is 573 g/mol. The summed E-state index contributed by atoms with van der Waals surface area (Å²) in [6.45, 7) is 7.99. The number of imidazole rings is 1. The van der Waals surface area contributed by atoms with Gasteiger partial charge >= 0.3 is 0 Å². The van der Waals surface area contributed by atoms with Crippen LogP contribution >= 0.6 is 18.5 Å². The molecule has 5 rings (SSSR count). The lowest BCUT2D eigenvalue weighted by atomic mass is 10.0. The third-order valence-corrected chi connectivity index (χ3v) is 7.28. The highest BCUT2D eigenvalue weighted by Crippen LogP contribution is 2.45. The van der Waals surface area contributed by atoms with Gasteiger partial charge < -0.3 is 14.0 Å². The molecule has 4 aromatic rings. The molecule has 2 unspecified atom stereocenters. The van der Waals surface area contributed by atoms with Crippen LogP contribution in [-0.4, -0.2) is 63.4 Å². The fraction of sp³-hybridized carbons (Fsp3) is 0.385. The average Bonchev–Trinajstić information content (AvgIpc) is 3.53. The number of carbonyl (C=O) groups excluding carboxylic acids is 1. The number of anilines is 2. The zero-order valence-corrected chi connectivity index (χ0v) is 24.5. The van der Waals surface area contributed by atoms with E-state index in [0.29, 0.717) is 43.0 Å². The van der Waals surface area contributed by atoms with Crippen LogP contribution in [0.4, 0.5) is 20.3 Å². The lowest BCUT2D eigenvalue weighted by Crippen LogP contribution is -2.36. The number of rotatable bonds is 5. The SMILES string of the molecule is CN(C(=O)c1cnn(C(C)(C)C)c1F)c1cc(-c2cc(N3CCOCC3)c3nccn3c2)c(C(F)(P)P)cn1. The van der Waals surface area contributed by atoms with Gasteiger partial charge in [0.25, 0.3) is 5.91 Å². The maximum atomic E-state index is 15.4. The van der Waals surface area contributed by atoms with Crippen LogP contribution in [0.1, 0.15) is 36.7 Å². The van der Waals surface area contributed by atoms with Gasteiger partial charge in [0, 0.05) is 56.1 Å². The molecule has 1 fully saturated rings. The third kappa shape index (κ3) is 5.28. The molecular formula is C26H31F2N7O2P2. The van der Waals surface area contributed by atoms with Crippen molar-refractivity contribution < 1.29 is 18.3 Å². The van der Waals surface area contributed by atoms with Crippen molar-refractivity contribution in [2.45, 2.75) is 31.5 Å². The number of hydrogen-bond acceptors (Lipinski definition) is 6. The van der Waals surface area contributed by atoms with Gasteiger partial charge in [-0.25, -0.2) is 19.0 Å². The van der Waals surface area contributed by atoms with Crippen molar-refractivity contribution in [3.8, 4) is 11.1 Å². The molecule has 13 heteroatoms.